The lowest BCUT2D eigenvalue weighted by Gasteiger charge is -2.36. The van der Waals surface area contributed by atoms with Crippen LogP contribution < -0.4 is 10.2 Å². The summed E-state index contributed by atoms with van der Waals surface area (Å²) in [5.74, 6) is 0.101. The molecule has 2 saturated heterocycles. The van der Waals surface area contributed by atoms with Crippen molar-refractivity contribution < 1.29 is 9.59 Å². The van der Waals surface area contributed by atoms with Crippen molar-refractivity contribution in [2.45, 2.75) is 12.8 Å². The highest BCUT2D eigenvalue weighted by atomic mass is 35.5. The second-order valence-electron chi connectivity index (χ2n) is 5.72. The molecule has 22 heavy (non-hydrogen) atoms. The number of aryl methyl sites for hydroxylation is 1. The summed E-state index contributed by atoms with van der Waals surface area (Å²) in [5, 5.41) is 7.34. The number of carbonyl (C=O) groups excluding carboxylic acids is 2. The summed E-state index contributed by atoms with van der Waals surface area (Å²) in [5.41, 5.74) is 0.800. The molecule has 1 N–H and O–H groups in total. The van der Waals surface area contributed by atoms with Crippen LogP contribution in [0.4, 0.5) is 5.69 Å². The molecule has 0 bridgehead atoms. The highest BCUT2D eigenvalue weighted by Gasteiger charge is 2.32. The second kappa shape index (κ2) is 7.11. The van der Waals surface area contributed by atoms with Gasteiger partial charge in [0.15, 0.2) is 0 Å². The summed E-state index contributed by atoms with van der Waals surface area (Å²) in [4.78, 5) is 28.1. The van der Waals surface area contributed by atoms with Gasteiger partial charge in [-0.25, -0.2) is 0 Å². The largest absolute Gasteiger partial charge is 0.331 e. The van der Waals surface area contributed by atoms with E-state index in [0.29, 0.717) is 13.1 Å². The summed E-state index contributed by atoms with van der Waals surface area (Å²) < 4.78 is 1.67. The predicted molar refractivity (Wildman–Crippen MR) is 85.0 cm³/mol. The lowest BCUT2D eigenvalue weighted by atomic mass is 9.98. The summed E-state index contributed by atoms with van der Waals surface area (Å²) in [6, 6.07) is 0. The number of nitrogens with zero attached hydrogens (tertiary/aromatic N) is 4. The normalized spacial score (nSPS) is 22.4. The van der Waals surface area contributed by atoms with Gasteiger partial charge < -0.3 is 15.1 Å². The molecule has 2 fully saturated rings. The Labute approximate surface area is 136 Å². The van der Waals surface area contributed by atoms with Crippen molar-refractivity contribution in [2.75, 3.05) is 37.6 Å². The molecule has 2 aliphatic rings. The highest BCUT2D eigenvalue weighted by molar-refractivity contribution is 5.98. The van der Waals surface area contributed by atoms with Crippen LogP contribution in [0.5, 0.6) is 0 Å². The van der Waals surface area contributed by atoms with Crippen LogP contribution in [0.15, 0.2) is 12.4 Å². The maximum Gasteiger partial charge on any atom is 0.246 e. The Morgan fingerprint density at radius 2 is 2.23 bits per heavy atom. The molecule has 1 aromatic rings. The molecule has 0 aromatic carbocycles. The molecule has 0 spiro atoms. The third-order valence-electron chi connectivity index (χ3n) is 4.18. The van der Waals surface area contributed by atoms with Gasteiger partial charge in [0, 0.05) is 32.9 Å². The molecule has 1 atom stereocenters. The van der Waals surface area contributed by atoms with E-state index in [9.17, 15) is 9.59 Å². The summed E-state index contributed by atoms with van der Waals surface area (Å²) in [6.45, 7) is 3.02. The van der Waals surface area contributed by atoms with Gasteiger partial charge >= 0.3 is 0 Å². The number of hydrogen-bond acceptors (Lipinski definition) is 4. The van der Waals surface area contributed by atoms with E-state index in [4.69, 9.17) is 0 Å². The van der Waals surface area contributed by atoms with Crippen LogP contribution in [0.2, 0.25) is 0 Å². The Morgan fingerprint density at radius 1 is 1.41 bits per heavy atom. The molecule has 8 heteroatoms. The number of rotatable bonds is 2. The monoisotopic (exact) mass is 327 g/mol. The molecule has 1 aromatic heterocycles. The van der Waals surface area contributed by atoms with Crippen molar-refractivity contribution in [3.05, 3.63) is 12.4 Å². The minimum Gasteiger partial charge on any atom is -0.331 e. The molecule has 0 aliphatic carbocycles. The lowest BCUT2D eigenvalue weighted by molar-refractivity contribution is -0.140. The number of nitrogens with one attached hydrogen (secondary N) is 1. The van der Waals surface area contributed by atoms with Crippen LogP contribution in [0.1, 0.15) is 12.8 Å². The molecule has 7 nitrogen and oxygen atoms in total. The van der Waals surface area contributed by atoms with E-state index in [-0.39, 0.29) is 36.7 Å². The number of piperazine rings is 1. The first-order chi connectivity index (χ1) is 10.1. The fraction of sp³-hybridized carbons (Fsp3) is 0.643. The van der Waals surface area contributed by atoms with E-state index in [1.807, 2.05) is 13.2 Å². The van der Waals surface area contributed by atoms with Crippen LogP contribution >= 0.6 is 12.4 Å². The Kier molecular flexibility index (Phi) is 5.42. The molecule has 122 valence electrons. The van der Waals surface area contributed by atoms with Crippen LogP contribution in [-0.4, -0.2) is 59.2 Å². The Morgan fingerprint density at radius 3 is 2.82 bits per heavy atom. The molecule has 2 aliphatic heterocycles. The second-order valence-corrected chi connectivity index (χ2v) is 5.72. The molecule has 3 rings (SSSR count). The fourth-order valence-electron chi connectivity index (χ4n) is 3.00. The molecule has 3 heterocycles. The van der Waals surface area contributed by atoms with E-state index in [1.54, 1.807) is 20.7 Å². The van der Waals surface area contributed by atoms with Gasteiger partial charge in [-0.2, -0.15) is 5.10 Å². The first-order valence-corrected chi connectivity index (χ1v) is 7.43. The Balaban J connectivity index is 0.00000176. The third kappa shape index (κ3) is 3.41. The van der Waals surface area contributed by atoms with Gasteiger partial charge in [0.1, 0.15) is 6.54 Å². The van der Waals surface area contributed by atoms with E-state index in [2.05, 4.69) is 10.4 Å². The third-order valence-corrected chi connectivity index (χ3v) is 4.18. The van der Waals surface area contributed by atoms with Crippen molar-refractivity contribution in [1.82, 2.24) is 20.0 Å². The SMILES string of the molecule is Cl.Cn1cc(N2CCN(C(=O)C3CCCNC3)CC2=O)cn1. The van der Waals surface area contributed by atoms with Gasteiger partial charge in [-0.05, 0) is 19.4 Å². The number of anilines is 1. The fourth-order valence-corrected chi connectivity index (χ4v) is 3.00. The van der Waals surface area contributed by atoms with E-state index >= 15 is 0 Å². The Hall–Kier alpha value is -1.60. The maximum absolute atomic E-state index is 12.4. The minimum absolute atomic E-state index is 0. The molecular formula is C14H22ClN5O2. The van der Waals surface area contributed by atoms with Gasteiger partial charge in [0.2, 0.25) is 11.8 Å². The van der Waals surface area contributed by atoms with Crippen LogP contribution in [0.3, 0.4) is 0 Å². The van der Waals surface area contributed by atoms with Gasteiger partial charge in [-0.15, -0.1) is 12.4 Å². The summed E-state index contributed by atoms with van der Waals surface area (Å²) >= 11 is 0. The quantitative estimate of drug-likeness (QED) is 0.831. The smallest absolute Gasteiger partial charge is 0.246 e. The predicted octanol–water partition coefficient (Wildman–Crippen LogP) is 0.0167. The lowest BCUT2D eigenvalue weighted by Crippen LogP contribution is -2.54. The van der Waals surface area contributed by atoms with Gasteiger partial charge in [0.25, 0.3) is 0 Å². The van der Waals surface area contributed by atoms with Crippen molar-refractivity contribution in [1.29, 1.82) is 0 Å². The first kappa shape index (κ1) is 16.8. The zero-order valence-corrected chi connectivity index (χ0v) is 13.5. The molecule has 0 saturated carbocycles. The topological polar surface area (TPSA) is 70.5 Å². The van der Waals surface area contributed by atoms with Crippen molar-refractivity contribution in [3.63, 3.8) is 0 Å². The van der Waals surface area contributed by atoms with Gasteiger partial charge in [-0.3, -0.25) is 14.3 Å². The van der Waals surface area contributed by atoms with Gasteiger partial charge in [-0.1, -0.05) is 0 Å². The number of amides is 2. The van der Waals surface area contributed by atoms with Gasteiger partial charge in [0.05, 0.1) is 17.8 Å². The number of piperidine rings is 1. The molecule has 2 amide bonds. The van der Waals surface area contributed by atoms with E-state index < -0.39 is 0 Å². The average molecular weight is 328 g/mol. The standard InChI is InChI=1S/C14H21N5O2.ClH/c1-17-9-12(8-16-17)19-6-5-18(10-13(19)20)14(21)11-3-2-4-15-7-11;/h8-9,11,15H,2-7,10H2,1H3;1H. The van der Waals surface area contributed by atoms with Crippen LogP contribution in [0.25, 0.3) is 0 Å². The molecule has 0 radical (unpaired) electrons. The molecule has 1 unspecified atom stereocenters. The van der Waals surface area contributed by atoms with E-state index in [1.165, 1.54) is 0 Å². The van der Waals surface area contributed by atoms with E-state index in [0.717, 1.165) is 31.6 Å². The maximum atomic E-state index is 12.4. The first-order valence-electron chi connectivity index (χ1n) is 7.43. The minimum atomic E-state index is -0.0358. The average Bonchev–Trinajstić information content (AvgIpc) is 2.93. The Bertz CT molecular complexity index is 541. The van der Waals surface area contributed by atoms with Crippen LogP contribution in [-0.2, 0) is 16.6 Å². The molecular weight excluding hydrogens is 306 g/mol. The summed E-state index contributed by atoms with van der Waals surface area (Å²) in [7, 11) is 1.82. The van der Waals surface area contributed by atoms with Crippen molar-refractivity contribution >= 4 is 29.9 Å². The zero-order chi connectivity index (χ0) is 14.8. The number of carbonyl (C=O) groups is 2. The number of halogens is 1. The van der Waals surface area contributed by atoms with Crippen molar-refractivity contribution in [3.8, 4) is 0 Å². The van der Waals surface area contributed by atoms with Crippen molar-refractivity contribution in [2.24, 2.45) is 13.0 Å². The highest BCUT2D eigenvalue weighted by Crippen LogP contribution is 2.19. The van der Waals surface area contributed by atoms with Crippen LogP contribution in [0, 0.1) is 5.92 Å². The zero-order valence-electron chi connectivity index (χ0n) is 12.7. The number of hydrogen-bond donors (Lipinski definition) is 1. The number of aromatic nitrogens is 2. The summed E-state index contributed by atoms with van der Waals surface area (Å²) in [6.07, 6.45) is 5.45.